The van der Waals surface area contributed by atoms with Gasteiger partial charge in [0.25, 0.3) is 0 Å². The highest BCUT2D eigenvalue weighted by atomic mass is 32.1. The number of thiophene rings is 1. The highest BCUT2D eigenvalue weighted by Gasteiger charge is 2.07. The highest BCUT2D eigenvalue weighted by Crippen LogP contribution is 2.36. The van der Waals surface area contributed by atoms with Gasteiger partial charge in [-0.15, -0.1) is 11.3 Å². The molecule has 1 nitrogen and oxygen atoms in total. The highest BCUT2D eigenvalue weighted by molar-refractivity contribution is 7.25. The van der Waals surface area contributed by atoms with E-state index in [0.717, 1.165) is 11.3 Å². The second-order valence-corrected chi connectivity index (χ2v) is 7.19. The van der Waals surface area contributed by atoms with Crippen molar-refractivity contribution in [3.63, 3.8) is 0 Å². The quantitative estimate of drug-likeness (QED) is 0.346. The number of pyridine rings is 1. The van der Waals surface area contributed by atoms with Crippen LogP contribution in [0.25, 0.3) is 42.6 Å². The predicted octanol–water partition coefficient (Wildman–Crippen LogP) is 6.78. The molecular weight excluding hydrogens is 322 g/mol. The summed E-state index contributed by atoms with van der Waals surface area (Å²) in [4.78, 5) is 4.46. The van der Waals surface area contributed by atoms with Gasteiger partial charge >= 0.3 is 0 Å². The zero-order valence-electron chi connectivity index (χ0n) is 13.5. The maximum Gasteiger partial charge on any atom is 0.0702 e. The van der Waals surface area contributed by atoms with Crippen molar-refractivity contribution in [2.75, 3.05) is 0 Å². The normalized spacial score (nSPS) is 11.2. The van der Waals surface area contributed by atoms with Gasteiger partial charge in [0.2, 0.25) is 0 Å². The van der Waals surface area contributed by atoms with E-state index in [9.17, 15) is 0 Å². The summed E-state index contributed by atoms with van der Waals surface area (Å²) >= 11 is 1.86. The average Bonchev–Trinajstić information content (AvgIpc) is 3.06. The SMILES string of the molecule is c1ccc(-c2cccc(-c3ccc4c(c3)sc3ccccc34)c2)nc1. The van der Waals surface area contributed by atoms with E-state index in [0.29, 0.717) is 0 Å². The van der Waals surface area contributed by atoms with Crippen molar-refractivity contribution >= 4 is 31.5 Å². The van der Waals surface area contributed by atoms with Gasteiger partial charge in [0, 0.05) is 31.9 Å². The minimum absolute atomic E-state index is 1.01. The van der Waals surface area contributed by atoms with Crippen molar-refractivity contribution < 1.29 is 0 Å². The first-order valence-corrected chi connectivity index (χ1v) is 9.13. The number of hydrogen-bond donors (Lipinski definition) is 0. The average molecular weight is 337 g/mol. The zero-order valence-corrected chi connectivity index (χ0v) is 14.3. The van der Waals surface area contributed by atoms with Gasteiger partial charge < -0.3 is 0 Å². The monoisotopic (exact) mass is 337 g/mol. The van der Waals surface area contributed by atoms with Gasteiger partial charge in [0.05, 0.1) is 5.69 Å². The van der Waals surface area contributed by atoms with Gasteiger partial charge in [0.1, 0.15) is 0 Å². The van der Waals surface area contributed by atoms with Crippen LogP contribution in [0, 0.1) is 0 Å². The number of benzene rings is 3. The molecule has 0 unspecified atom stereocenters. The fraction of sp³-hybridized carbons (Fsp3) is 0. The van der Waals surface area contributed by atoms with Gasteiger partial charge in [-0.3, -0.25) is 4.98 Å². The van der Waals surface area contributed by atoms with Crippen LogP contribution in [0.2, 0.25) is 0 Å². The maximum absolute atomic E-state index is 4.46. The first-order chi connectivity index (χ1) is 12.4. The van der Waals surface area contributed by atoms with Crippen molar-refractivity contribution in [2.45, 2.75) is 0 Å². The van der Waals surface area contributed by atoms with Crippen LogP contribution >= 0.6 is 11.3 Å². The Balaban J connectivity index is 1.64. The van der Waals surface area contributed by atoms with Crippen molar-refractivity contribution in [1.29, 1.82) is 0 Å². The molecule has 5 rings (SSSR count). The van der Waals surface area contributed by atoms with Crippen LogP contribution in [0.1, 0.15) is 0 Å². The fourth-order valence-corrected chi connectivity index (χ4v) is 4.44. The second-order valence-electron chi connectivity index (χ2n) is 6.10. The molecular formula is C23H15NS. The Morgan fingerprint density at radius 2 is 1.36 bits per heavy atom. The van der Waals surface area contributed by atoms with Gasteiger partial charge in [0.15, 0.2) is 0 Å². The first kappa shape index (κ1) is 14.4. The van der Waals surface area contributed by atoms with Crippen molar-refractivity contribution in [1.82, 2.24) is 4.98 Å². The minimum Gasteiger partial charge on any atom is -0.256 e. The molecule has 0 fully saturated rings. The van der Waals surface area contributed by atoms with Crippen LogP contribution in [0.4, 0.5) is 0 Å². The fourth-order valence-electron chi connectivity index (χ4n) is 3.30. The molecule has 0 saturated heterocycles. The van der Waals surface area contributed by atoms with E-state index in [1.807, 2.05) is 35.7 Å². The molecule has 2 heterocycles. The third-order valence-corrected chi connectivity index (χ3v) is 5.67. The van der Waals surface area contributed by atoms with E-state index in [-0.39, 0.29) is 0 Å². The smallest absolute Gasteiger partial charge is 0.0702 e. The number of hydrogen-bond acceptors (Lipinski definition) is 2. The lowest BCUT2D eigenvalue weighted by Crippen LogP contribution is -1.83. The molecule has 0 amide bonds. The molecule has 5 aromatic rings. The third kappa shape index (κ3) is 2.51. The topological polar surface area (TPSA) is 12.9 Å². The lowest BCUT2D eigenvalue weighted by molar-refractivity contribution is 1.33. The molecule has 0 aliphatic carbocycles. The lowest BCUT2D eigenvalue weighted by Gasteiger charge is -2.06. The van der Waals surface area contributed by atoms with Gasteiger partial charge in [-0.1, -0.05) is 54.6 Å². The molecule has 3 aromatic carbocycles. The first-order valence-electron chi connectivity index (χ1n) is 8.32. The molecule has 0 bridgehead atoms. The Morgan fingerprint density at radius 1 is 0.560 bits per heavy atom. The number of rotatable bonds is 2. The standard InChI is InChI=1S/C23H15NS/c1-2-10-22-19(8-1)20-12-11-17(15-23(20)25-22)16-6-5-7-18(14-16)21-9-3-4-13-24-21/h1-15H. The van der Waals surface area contributed by atoms with Crippen LogP contribution in [-0.4, -0.2) is 4.98 Å². The van der Waals surface area contributed by atoms with E-state index in [1.54, 1.807) is 0 Å². The Bertz CT molecular complexity index is 1190. The van der Waals surface area contributed by atoms with E-state index in [4.69, 9.17) is 0 Å². The molecule has 2 aromatic heterocycles. The summed E-state index contributed by atoms with van der Waals surface area (Å²) in [5.74, 6) is 0. The molecule has 25 heavy (non-hydrogen) atoms. The number of nitrogens with zero attached hydrogens (tertiary/aromatic N) is 1. The summed E-state index contributed by atoms with van der Waals surface area (Å²) in [7, 11) is 0. The van der Waals surface area contributed by atoms with E-state index < -0.39 is 0 Å². The van der Waals surface area contributed by atoms with Gasteiger partial charge in [-0.25, -0.2) is 0 Å². The number of aromatic nitrogens is 1. The van der Waals surface area contributed by atoms with E-state index in [1.165, 1.54) is 31.3 Å². The largest absolute Gasteiger partial charge is 0.256 e. The summed E-state index contributed by atoms with van der Waals surface area (Å²) in [6.45, 7) is 0. The van der Waals surface area contributed by atoms with Crippen molar-refractivity contribution in [2.24, 2.45) is 0 Å². The Hall–Kier alpha value is -2.97. The molecule has 0 spiro atoms. The summed E-state index contributed by atoms with van der Waals surface area (Å²) < 4.78 is 2.68. The molecule has 0 atom stereocenters. The summed E-state index contributed by atoms with van der Waals surface area (Å²) in [5, 5.41) is 2.68. The second kappa shape index (κ2) is 5.83. The molecule has 2 heteroatoms. The van der Waals surface area contributed by atoms with Crippen LogP contribution in [0.5, 0.6) is 0 Å². The Kier molecular flexibility index (Phi) is 3.36. The van der Waals surface area contributed by atoms with Crippen LogP contribution in [-0.2, 0) is 0 Å². The van der Waals surface area contributed by atoms with Crippen LogP contribution in [0.15, 0.2) is 91.1 Å². The molecule has 0 radical (unpaired) electrons. The van der Waals surface area contributed by atoms with Crippen LogP contribution in [0.3, 0.4) is 0 Å². The zero-order chi connectivity index (χ0) is 16.6. The van der Waals surface area contributed by atoms with Crippen LogP contribution < -0.4 is 0 Å². The third-order valence-electron chi connectivity index (χ3n) is 4.54. The predicted molar refractivity (Wildman–Crippen MR) is 108 cm³/mol. The molecule has 0 saturated carbocycles. The summed E-state index contributed by atoms with van der Waals surface area (Å²) in [5.41, 5.74) is 4.63. The molecule has 0 N–H and O–H groups in total. The van der Waals surface area contributed by atoms with Crippen molar-refractivity contribution in [3.8, 4) is 22.4 Å². The Morgan fingerprint density at radius 3 is 2.28 bits per heavy atom. The lowest BCUT2D eigenvalue weighted by atomic mass is 10.0. The number of fused-ring (bicyclic) bond motifs is 3. The molecule has 118 valence electrons. The summed E-state index contributed by atoms with van der Waals surface area (Å²) in [6.07, 6.45) is 1.84. The van der Waals surface area contributed by atoms with Gasteiger partial charge in [-0.2, -0.15) is 0 Å². The van der Waals surface area contributed by atoms with E-state index >= 15 is 0 Å². The Labute approximate surface area is 150 Å². The minimum atomic E-state index is 1.01. The maximum atomic E-state index is 4.46. The van der Waals surface area contributed by atoms with Crippen molar-refractivity contribution in [3.05, 3.63) is 91.1 Å². The van der Waals surface area contributed by atoms with Gasteiger partial charge in [-0.05, 0) is 41.5 Å². The van der Waals surface area contributed by atoms with E-state index in [2.05, 4.69) is 71.7 Å². The summed E-state index contributed by atoms with van der Waals surface area (Å²) in [6, 6.07) is 30.0. The molecule has 0 aliphatic heterocycles. The molecule has 0 aliphatic rings.